The molecule has 21 heavy (non-hydrogen) atoms. The van der Waals surface area contributed by atoms with Crippen LogP contribution < -0.4 is 0 Å². The molecule has 118 valence electrons. The number of hydrogen-bond donors (Lipinski definition) is 0. The van der Waals surface area contributed by atoms with Gasteiger partial charge in [0.2, 0.25) is 0 Å². The summed E-state index contributed by atoms with van der Waals surface area (Å²) in [5, 5.41) is 5.95. The molecule has 1 heterocycles. The minimum Gasteiger partial charge on any atom is -0.294 e. The minimum atomic E-state index is 0.656. The Morgan fingerprint density at radius 1 is 1.10 bits per heavy atom. The predicted molar refractivity (Wildman–Crippen MR) is 90.8 cm³/mol. The topological polar surface area (TPSA) is 21.1 Å². The Kier molecular flexibility index (Phi) is 5.75. The highest BCUT2D eigenvalue weighted by Gasteiger charge is 2.23. The molecule has 2 aliphatic rings. The molecule has 0 aliphatic heterocycles. The standard InChI is InChI=1S/C17H28BrN3/c18-11-13-20(16-6-4-5-7-16)14-15-10-12-21(19-15)17-8-2-1-3-9-17/h10,12,16-17H,1-9,11,13-14H2. The fourth-order valence-corrected chi connectivity index (χ4v) is 4.44. The zero-order valence-electron chi connectivity index (χ0n) is 13.0. The van der Waals surface area contributed by atoms with Crippen LogP contribution in [0.1, 0.15) is 69.5 Å². The molecule has 1 aromatic heterocycles. The summed E-state index contributed by atoms with van der Waals surface area (Å²) in [5.74, 6) is 0. The molecule has 0 aromatic carbocycles. The van der Waals surface area contributed by atoms with E-state index in [0.717, 1.165) is 24.5 Å². The van der Waals surface area contributed by atoms with Gasteiger partial charge in [0.25, 0.3) is 0 Å². The molecule has 3 nitrogen and oxygen atoms in total. The van der Waals surface area contributed by atoms with E-state index in [1.807, 2.05) is 0 Å². The Morgan fingerprint density at radius 3 is 2.52 bits per heavy atom. The van der Waals surface area contributed by atoms with Crippen molar-refractivity contribution in [3.63, 3.8) is 0 Å². The molecular weight excluding hydrogens is 326 g/mol. The van der Waals surface area contributed by atoms with Crippen LogP contribution in [0.2, 0.25) is 0 Å². The van der Waals surface area contributed by atoms with Crippen LogP contribution in [0, 0.1) is 0 Å². The van der Waals surface area contributed by atoms with Crippen LogP contribution in [0.25, 0.3) is 0 Å². The van der Waals surface area contributed by atoms with Gasteiger partial charge < -0.3 is 0 Å². The second kappa shape index (κ2) is 7.77. The van der Waals surface area contributed by atoms with Gasteiger partial charge in [-0.15, -0.1) is 0 Å². The molecule has 2 aliphatic carbocycles. The van der Waals surface area contributed by atoms with Crippen molar-refractivity contribution in [1.29, 1.82) is 0 Å². The second-order valence-corrected chi connectivity index (χ2v) is 7.47. The van der Waals surface area contributed by atoms with Gasteiger partial charge >= 0.3 is 0 Å². The van der Waals surface area contributed by atoms with Crippen LogP contribution in [-0.2, 0) is 6.54 Å². The number of nitrogens with zero attached hydrogens (tertiary/aromatic N) is 3. The molecule has 1 aromatic rings. The lowest BCUT2D eigenvalue weighted by atomic mass is 9.96. The molecule has 0 atom stereocenters. The van der Waals surface area contributed by atoms with Crippen molar-refractivity contribution in [2.45, 2.75) is 76.4 Å². The second-order valence-electron chi connectivity index (χ2n) is 6.68. The van der Waals surface area contributed by atoms with E-state index >= 15 is 0 Å². The molecular formula is C17H28BrN3. The van der Waals surface area contributed by atoms with Crippen LogP contribution in [0.4, 0.5) is 0 Å². The summed E-state index contributed by atoms with van der Waals surface area (Å²) >= 11 is 3.61. The number of aromatic nitrogens is 2. The molecule has 0 spiro atoms. The van der Waals surface area contributed by atoms with Crippen molar-refractivity contribution in [3.8, 4) is 0 Å². The average Bonchev–Trinajstić information content (AvgIpc) is 3.19. The van der Waals surface area contributed by atoms with Crippen molar-refractivity contribution in [2.75, 3.05) is 11.9 Å². The minimum absolute atomic E-state index is 0.656. The van der Waals surface area contributed by atoms with Crippen LogP contribution in [-0.4, -0.2) is 32.6 Å². The Morgan fingerprint density at radius 2 is 1.81 bits per heavy atom. The lowest BCUT2D eigenvalue weighted by molar-refractivity contribution is 0.199. The monoisotopic (exact) mass is 353 g/mol. The molecule has 0 bridgehead atoms. The summed E-state index contributed by atoms with van der Waals surface area (Å²) < 4.78 is 2.25. The largest absolute Gasteiger partial charge is 0.294 e. The van der Waals surface area contributed by atoms with E-state index in [4.69, 9.17) is 5.10 Å². The molecule has 0 amide bonds. The van der Waals surface area contributed by atoms with E-state index < -0.39 is 0 Å². The molecule has 0 saturated heterocycles. The third-order valence-electron chi connectivity index (χ3n) is 5.19. The van der Waals surface area contributed by atoms with E-state index in [2.05, 4.69) is 37.8 Å². The number of alkyl halides is 1. The molecule has 0 radical (unpaired) electrons. The SMILES string of the molecule is BrCCN(Cc1ccn(C2CCCCC2)n1)C1CCCC1. The van der Waals surface area contributed by atoms with E-state index in [1.54, 1.807) is 0 Å². The van der Waals surface area contributed by atoms with Crippen LogP contribution in [0.3, 0.4) is 0 Å². The maximum Gasteiger partial charge on any atom is 0.0765 e. The molecule has 3 rings (SSSR count). The fourth-order valence-electron chi connectivity index (χ4n) is 3.99. The first-order valence-electron chi connectivity index (χ1n) is 8.71. The Labute approximate surface area is 137 Å². The smallest absolute Gasteiger partial charge is 0.0765 e. The van der Waals surface area contributed by atoms with Crippen molar-refractivity contribution >= 4 is 15.9 Å². The van der Waals surface area contributed by atoms with Gasteiger partial charge in [-0.25, -0.2) is 0 Å². The van der Waals surface area contributed by atoms with E-state index in [1.165, 1.54) is 63.5 Å². The first kappa shape index (κ1) is 15.5. The highest BCUT2D eigenvalue weighted by Crippen LogP contribution is 2.28. The number of halogens is 1. The summed E-state index contributed by atoms with van der Waals surface area (Å²) in [6.07, 6.45) is 14.5. The molecule has 2 fully saturated rings. The molecule has 0 N–H and O–H groups in total. The van der Waals surface area contributed by atoms with E-state index in [0.29, 0.717) is 6.04 Å². The van der Waals surface area contributed by atoms with Gasteiger partial charge in [0.15, 0.2) is 0 Å². The van der Waals surface area contributed by atoms with Gasteiger partial charge in [-0.05, 0) is 31.7 Å². The third kappa shape index (κ3) is 4.10. The summed E-state index contributed by atoms with van der Waals surface area (Å²) in [5.41, 5.74) is 1.26. The average molecular weight is 354 g/mol. The van der Waals surface area contributed by atoms with E-state index in [9.17, 15) is 0 Å². The zero-order chi connectivity index (χ0) is 14.5. The van der Waals surface area contributed by atoms with Crippen molar-refractivity contribution in [2.24, 2.45) is 0 Å². The lowest BCUT2D eigenvalue weighted by Gasteiger charge is -2.27. The maximum absolute atomic E-state index is 4.89. The van der Waals surface area contributed by atoms with Gasteiger partial charge in [-0.2, -0.15) is 5.10 Å². The number of hydrogen-bond acceptors (Lipinski definition) is 2. The quantitative estimate of drug-likeness (QED) is 0.700. The van der Waals surface area contributed by atoms with Gasteiger partial charge in [-0.3, -0.25) is 9.58 Å². The van der Waals surface area contributed by atoms with Crippen LogP contribution in [0.15, 0.2) is 12.3 Å². The molecule has 0 unspecified atom stereocenters. The van der Waals surface area contributed by atoms with Crippen LogP contribution in [0.5, 0.6) is 0 Å². The maximum atomic E-state index is 4.89. The van der Waals surface area contributed by atoms with Crippen molar-refractivity contribution in [3.05, 3.63) is 18.0 Å². The summed E-state index contributed by atoms with van der Waals surface area (Å²) in [6.45, 7) is 2.16. The first-order chi connectivity index (χ1) is 10.4. The Hall–Kier alpha value is -0.350. The normalized spacial score (nSPS) is 21.4. The third-order valence-corrected chi connectivity index (χ3v) is 5.54. The Bertz CT molecular complexity index is 419. The summed E-state index contributed by atoms with van der Waals surface area (Å²) in [4.78, 5) is 2.63. The highest BCUT2D eigenvalue weighted by molar-refractivity contribution is 9.09. The van der Waals surface area contributed by atoms with Gasteiger partial charge in [0, 0.05) is 30.7 Å². The number of rotatable bonds is 6. The van der Waals surface area contributed by atoms with Crippen LogP contribution >= 0.6 is 15.9 Å². The van der Waals surface area contributed by atoms with Gasteiger partial charge in [0.1, 0.15) is 0 Å². The summed E-state index contributed by atoms with van der Waals surface area (Å²) in [6, 6.07) is 3.68. The predicted octanol–water partition coefficient (Wildman–Crippen LogP) is 4.53. The first-order valence-corrected chi connectivity index (χ1v) is 9.83. The van der Waals surface area contributed by atoms with Crippen molar-refractivity contribution < 1.29 is 0 Å². The van der Waals surface area contributed by atoms with Crippen molar-refractivity contribution in [1.82, 2.24) is 14.7 Å². The zero-order valence-corrected chi connectivity index (χ0v) is 14.6. The van der Waals surface area contributed by atoms with E-state index in [-0.39, 0.29) is 0 Å². The summed E-state index contributed by atoms with van der Waals surface area (Å²) in [7, 11) is 0. The highest BCUT2D eigenvalue weighted by atomic mass is 79.9. The molecule has 2 saturated carbocycles. The molecule has 4 heteroatoms. The van der Waals surface area contributed by atoms with Gasteiger partial charge in [-0.1, -0.05) is 48.0 Å². The fraction of sp³-hybridized carbons (Fsp3) is 0.824. The Balaban J connectivity index is 1.61. The van der Waals surface area contributed by atoms with Gasteiger partial charge in [0.05, 0.1) is 11.7 Å². The lowest BCUT2D eigenvalue weighted by Crippen LogP contribution is -2.34.